The van der Waals surface area contributed by atoms with Crippen LogP contribution >= 0.6 is 0 Å². The topological polar surface area (TPSA) is 52.7 Å². The van der Waals surface area contributed by atoms with Gasteiger partial charge in [-0.2, -0.15) is 0 Å². The summed E-state index contributed by atoms with van der Waals surface area (Å²) in [5.41, 5.74) is 0. The Labute approximate surface area is 103 Å². The van der Waals surface area contributed by atoms with Crippen LogP contribution in [0.5, 0.6) is 0 Å². The van der Waals surface area contributed by atoms with Crippen molar-refractivity contribution in [1.29, 1.82) is 0 Å². The number of rotatable bonds is 4. The molecule has 0 bridgehead atoms. The Morgan fingerprint density at radius 3 is 2.76 bits per heavy atom. The molecule has 1 saturated heterocycles. The van der Waals surface area contributed by atoms with E-state index in [0.29, 0.717) is 13.1 Å². The molecule has 5 heteroatoms. The molecule has 17 heavy (non-hydrogen) atoms. The van der Waals surface area contributed by atoms with Gasteiger partial charge in [0.1, 0.15) is 0 Å². The zero-order chi connectivity index (χ0) is 12.8. The molecule has 2 amide bonds. The van der Waals surface area contributed by atoms with Crippen LogP contribution in [0.25, 0.3) is 0 Å². The van der Waals surface area contributed by atoms with Gasteiger partial charge in [0, 0.05) is 40.2 Å². The average Bonchev–Trinajstić information content (AvgIpc) is 2.35. The van der Waals surface area contributed by atoms with E-state index in [4.69, 9.17) is 0 Å². The van der Waals surface area contributed by atoms with Gasteiger partial charge in [0.15, 0.2) is 0 Å². The zero-order valence-corrected chi connectivity index (χ0v) is 11.0. The molecule has 0 saturated carbocycles. The second-order valence-corrected chi connectivity index (χ2v) is 4.67. The Morgan fingerprint density at radius 2 is 2.18 bits per heavy atom. The molecular formula is C12H23N3O2. The fourth-order valence-electron chi connectivity index (χ4n) is 2.17. The van der Waals surface area contributed by atoms with Crippen LogP contribution in [0.1, 0.15) is 19.8 Å². The number of carbonyl (C=O) groups excluding carboxylic acids is 2. The number of hydrogen-bond donors (Lipinski definition) is 1. The summed E-state index contributed by atoms with van der Waals surface area (Å²) in [6, 6.07) is 0. The van der Waals surface area contributed by atoms with Gasteiger partial charge in [0.2, 0.25) is 11.8 Å². The summed E-state index contributed by atoms with van der Waals surface area (Å²) >= 11 is 0. The third-order valence-corrected chi connectivity index (χ3v) is 3.29. The van der Waals surface area contributed by atoms with Gasteiger partial charge in [-0.3, -0.25) is 9.59 Å². The first-order valence-electron chi connectivity index (χ1n) is 6.21. The molecule has 0 aromatic carbocycles. The Morgan fingerprint density at radius 1 is 1.47 bits per heavy atom. The predicted octanol–water partition coefficient (Wildman–Crippen LogP) is -0.0773. The minimum atomic E-state index is -0.0190. The minimum Gasteiger partial charge on any atom is -0.344 e. The lowest BCUT2D eigenvalue weighted by Crippen LogP contribution is -2.46. The number of piperidine rings is 1. The van der Waals surface area contributed by atoms with E-state index in [2.05, 4.69) is 5.32 Å². The number of likely N-dealkylation sites (N-methyl/N-ethyl adjacent to an activating group) is 2. The van der Waals surface area contributed by atoms with Crippen molar-refractivity contribution in [2.24, 2.45) is 5.92 Å². The average molecular weight is 241 g/mol. The molecule has 0 aliphatic carbocycles. The Balaban J connectivity index is 2.48. The number of likely N-dealkylation sites (tertiary alicyclic amines) is 1. The minimum absolute atomic E-state index is 0.0190. The molecule has 0 radical (unpaired) electrons. The van der Waals surface area contributed by atoms with E-state index < -0.39 is 0 Å². The molecule has 5 nitrogen and oxygen atoms in total. The highest BCUT2D eigenvalue weighted by Crippen LogP contribution is 2.18. The van der Waals surface area contributed by atoms with E-state index in [1.165, 1.54) is 0 Å². The summed E-state index contributed by atoms with van der Waals surface area (Å²) in [4.78, 5) is 27.0. The second kappa shape index (κ2) is 6.59. The van der Waals surface area contributed by atoms with Gasteiger partial charge in [-0.25, -0.2) is 0 Å². The highest BCUT2D eigenvalue weighted by molar-refractivity contribution is 5.80. The van der Waals surface area contributed by atoms with E-state index in [1.807, 2.05) is 14.1 Å². The molecule has 1 fully saturated rings. The molecule has 1 aliphatic rings. The predicted molar refractivity (Wildman–Crippen MR) is 66.5 cm³/mol. The van der Waals surface area contributed by atoms with Crippen molar-refractivity contribution in [3.8, 4) is 0 Å². The highest BCUT2D eigenvalue weighted by Gasteiger charge is 2.28. The Bertz CT molecular complexity index is 281. The van der Waals surface area contributed by atoms with Crippen LogP contribution in [0, 0.1) is 5.92 Å². The summed E-state index contributed by atoms with van der Waals surface area (Å²) in [5, 5.41) is 3.02. The molecule has 1 aliphatic heterocycles. The molecule has 1 heterocycles. The monoisotopic (exact) mass is 241 g/mol. The standard InChI is InChI=1S/C12H23N3O2/c1-10(16)15-7-4-5-11(9-15)12(17)14(3)8-6-13-2/h11,13H,4-9H2,1-3H3. The smallest absolute Gasteiger partial charge is 0.227 e. The summed E-state index contributed by atoms with van der Waals surface area (Å²) in [5.74, 6) is 0.209. The normalized spacial score (nSPS) is 20.2. The van der Waals surface area contributed by atoms with Crippen molar-refractivity contribution >= 4 is 11.8 Å². The van der Waals surface area contributed by atoms with Crippen LogP contribution in [0.4, 0.5) is 0 Å². The van der Waals surface area contributed by atoms with Crippen LogP contribution < -0.4 is 5.32 Å². The molecular weight excluding hydrogens is 218 g/mol. The summed E-state index contributed by atoms with van der Waals surface area (Å²) in [6.45, 7) is 4.45. The lowest BCUT2D eigenvalue weighted by molar-refractivity contribution is -0.139. The van der Waals surface area contributed by atoms with E-state index in [0.717, 1.165) is 25.9 Å². The first-order valence-corrected chi connectivity index (χ1v) is 6.21. The van der Waals surface area contributed by atoms with Crippen molar-refractivity contribution in [3.05, 3.63) is 0 Å². The van der Waals surface area contributed by atoms with E-state index in [-0.39, 0.29) is 17.7 Å². The van der Waals surface area contributed by atoms with Crippen molar-refractivity contribution in [2.75, 3.05) is 40.3 Å². The van der Waals surface area contributed by atoms with Gasteiger partial charge in [0.25, 0.3) is 0 Å². The first kappa shape index (κ1) is 14.0. The summed E-state index contributed by atoms with van der Waals surface area (Å²) in [6.07, 6.45) is 1.82. The first-order chi connectivity index (χ1) is 8.06. The fraction of sp³-hybridized carbons (Fsp3) is 0.833. The second-order valence-electron chi connectivity index (χ2n) is 4.67. The van der Waals surface area contributed by atoms with Crippen LogP contribution in [0.15, 0.2) is 0 Å². The van der Waals surface area contributed by atoms with Gasteiger partial charge in [-0.15, -0.1) is 0 Å². The van der Waals surface area contributed by atoms with Crippen molar-refractivity contribution in [1.82, 2.24) is 15.1 Å². The lowest BCUT2D eigenvalue weighted by atomic mass is 9.96. The molecule has 0 aromatic rings. The SMILES string of the molecule is CNCCN(C)C(=O)C1CCCN(C(C)=O)C1. The number of nitrogens with zero attached hydrogens (tertiary/aromatic N) is 2. The van der Waals surface area contributed by atoms with Gasteiger partial charge in [0.05, 0.1) is 5.92 Å². The van der Waals surface area contributed by atoms with Crippen molar-refractivity contribution < 1.29 is 9.59 Å². The van der Waals surface area contributed by atoms with Crippen LogP contribution in [0.3, 0.4) is 0 Å². The molecule has 98 valence electrons. The van der Waals surface area contributed by atoms with Crippen molar-refractivity contribution in [3.63, 3.8) is 0 Å². The van der Waals surface area contributed by atoms with E-state index >= 15 is 0 Å². The molecule has 0 spiro atoms. The number of carbonyl (C=O) groups is 2. The van der Waals surface area contributed by atoms with Gasteiger partial charge >= 0.3 is 0 Å². The molecule has 1 rings (SSSR count). The quantitative estimate of drug-likeness (QED) is 0.749. The zero-order valence-electron chi connectivity index (χ0n) is 11.0. The maximum atomic E-state index is 12.1. The Hall–Kier alpha value is -1.10. The molecule has 1 atom stereocenters. The Kier molecular flexibility index (Phi) is 5.41. The number of nitrogens with one attached hydrogen (secondary N) is 1. The van der Waals surface area contributed by atoms with Crippen LogP contribution in [-0.4, -0.2) is 61.9 Å². The summed E-state index contributed by atoms with van der Waals surface area (Å²) in [7, 11) is 3.70. The number of amides is 2. The molecule has 0 aromatic heterocycles. The van der Waals surface area contributed by atoms with Crippen molar-refractivity contribution in [2.45, 2.75) is 19.8 Å². The fourth-order valence-corrected chi connectivity index (χ4v) is 2.17. The summed E-state index contributed by atoms with van der Waals surface area (Å²) < 4.78 is 0. The third-order valence-electron chi connectivity index (χ3n) is 3.29. The van der Waals surface area contributed by atoms with Gasteiger partial charge in [-0.05, 0) is 19.9 Å². The maximum absolute atomic E-state index is 12.1. The van der Waals surface area contributed by atoms with E-state index in [9.17, 15) is 9.59 Å². The van der Waals surface area contributed by atoms with Gasteiger partial charge in [-0.1, -0.05) is 0 Å². The number of hydrogen-bond acceptors (Lipinski definition) is 3. The molecule has 1 unspecified atom stereocenters. The van der Waals surface area contributed by atoms with E-state index in [1.54, 1.807) is 16.7 Å². The largest absolute Gasteiger partial charge is 0.344 e. The lowest BCUT2D eigenvalue weighted by Gasteiger charge is -2.33. The molecule has 1 N–H and O–H groups in total. The van der Waals surface area contributed by atoms with Gasteiger partial charge < -0.3 is 15.1 Å². The highest BCUT2D eigenvalue weighted by atomic mass is 16.2. The van der Waals surface area contributed by atoms with Crippen LogP contribution in [-0.2, 0) is 9.59 Å². The van der Waals surface area contributed by atoms with Crippen LogP contribution in [0.2, 0.25) is 0 Å². The maximum Gasteiger partial charge on any atom is 0.227 e. The third kappa shape index (κ3) is 4.00.